The normalized spacial score (nSPS) is 6.00. The van der Waals surface area contributed by atoms with Crippen molar-refractivity contribution in [1.82, 2.24) is 10.9 Å². The van der Waals surface area contributed by atoms with Gasteiger partial charge in [-0.2, -0.15) is 0 Å². The van der Waals surface area contributed by atoms with Crippen LogP contribution in [0, 0.1) is 0 Å². The fourth-order valence-electron chi connectivity index (χ4n) is 0.113. The minimum atomic E-state index is -0.500. The van der Waals surface area contributed by atoms with Gasteiger partial charge in [0.25, 0.3) is 10.3 Å². The van der Waals surface area contributed by atoms with Crippen molar-refractivity contribution in [2.45, 2.75) is 0 Å². The average molecular weight is 219 g/mol. The Morgan fingerprint density at radius 3 is 1.83 bits per heavy atom. The van der Waals surface area contributed by atoms with Gasteiger partial charge in [-0.3, -0.25) is 5.43 Å². The summed E-state index contributed by atoms with van der Waals surface area (Å²) in [6, 6.07) is 0. The van der Waals surface area contributed by atoms with Gasteiger partial charge in [0.1, 0.15) is 0 Å². The maximum absolute atomic E-state index is 8.19. The summed E-state index contributed by atoms with van der Waals surface area (Å²) in [4.78, 5) is 0. The van der Waals surface area contributed by atoms with Crippen molar-refractivity contribution >= 4 is 64.3 Å². The average Bonchev–Trinajstić information content (AvgIpc) is 1.82. The Hall–Kier alpha value is -0.0800. The molecule has 0 saturated heterocycles. The molecule has 0 spiro atoms. The molecule has 66 valence electrons. The van der Waals surface area contributed by atoms with Crippen molar-refractivity contribution in [3.05, 3.63) is 12.8 Å². The second-order valence-electron chi connectivity index (χ2n) is 1.12. The van der Waals surface area contributed by atoms with Gasteiger partial charge >= 0.3 is 29.6 Å². The van der Waals surface area contributed by atoms with Crippen LogP contribution in [0.2, 0.25) is 0 Å². The summed E-state index contributed by atoms with van der Waals surface area (Å²) in [5, 5.41) is 15.0. The van der Waals surface area contributed by atoms with Crippen molar-refractivity contribution in [1.29, 1.82) is 0 Å². The van der Waals surface area contributed by atoms with Crippen LogP contribution in [-0.4, -0.2) is 50.1 Å². The van der Waals surface area contributed by atoms with Crippen LogP contribution in [0.4, 0.5) is 0 Å². The molecular weight excluding hydrogens is 209 g/mol. The fourth-order valence-corrected chi connectivity index (χ4v) is 0.172. The molecule has 0 heterocycles. The van der Waals surface area contributed by atoms with Gasteiger partial charge in [-0.25, -0.2) is 0 Å². The molecule has 0 fully saturated rings. The molecule has 0 atom stereocenters. The van der Waals surface area contributed by atoms with Crippen LogP contribution in [0.5, 0.6) is 0 Å². The molecule has 6 N–H and O–H groups in total. The first kappa shape index (κ1) is 17.9. The first-order valence-electron chi connectivity index (χ1n) is 2.34. The van der Waals surface area contributed by atoms with E-state index in [1.807, 2.05) is 0 Å². The van der Waals surface area contributed by atoms with E-state index in [0.717, 1.165) is 0 Å². The summed E-state index contributed by atoms with van der Waals surface area (Å²) in [6.45, 7) is 3.29. The van der Waals surface area contributed by atoms with Gasteiger partial charge < -0.3 is 21.4 Å². The summed E-state index contributed by atoms with van der Waals surface area (Å²) >= 11 is 8.07. The molecule has 0 aliphatic carbocycles. The van der Waals surface area contributed by atoms with Gasteiger partial charge in [-0.1, -0.05) is 6.58 Å². The number of nitrogens with two attached hydrogens (primary N) is 1. The van der Waals surface area contributed by atoms with E-state index in [-0.39, 0.29) is 34.7 Å². The second-order valence-corrected chi connectivity index (χ2v) is 1.92. The zero-order valence-corrected chi connectivity index (χ0v) is 7.21. The van der Waals surface area contributed by atoms with E-state index in [1.54, 1.807) is 0 Å². The number of hydrogen-bond donors (Lipinski definition) is 5. The van der Waals surface area contributed by atoms with Crippen LogP contribution < -0.4 is 16.6 Å². The SMILES string of the molecule is C=CNNC(O)=S.NC(O)=S.[NaH]. The van der Waals surface area contributed by atoms with Crippen LogP contribution in [0.3, 0.4) is 0 Å². The molecule has 0 aliphatic heterocycles. The van der Waals surface area contributed by atoms with Crippen LogP contribution in [0.15, 0.2) is 12.8 Å². The van der Waals surface area contributed by atoms with Crippen LogP contribution in [0.1, 0.15) is 0 Å². The van der Waals surface area contributed by atoms with Gasteiger partial charge in [0.2, 0.25) is 0 Å². The van der Waals surface area contributed by atoms with Crippen LogP contribution >= 0.6 is 24.4 Å². The number of rotatable bonds is 2. The summed E-state index contributed by atoms with van der Waals surface area (Å²) in [6.07, 6.45) is 1.36. The number of nitrogens with one attached hydrogen (secondary N) is 2. The third kappa shape index (κ3) is 51.4. The fraction of sp³-hybridized carbons (Fsp3) is 0. The van der Waals surface area contributed by atoms with E-state index in [4.69, 9.17) is 10.2 Å². The van der Waals surface area contributed by atoms with Gasteiger partial charge in [0, 0.05) is 6.20 Å². The third-order valence-electron chi connectivity index (χ3n) is 0.281. The number of thiocarbonyl (C=S) groups is 2. The third-order valence-corrected chi connectivity index (χ3v) is 0.383. The van der Waals surface area contributed by atoms with Gasteiger partial charge in [-0.15, -0.1) is 0 Å². The Balaban J connectivity index is -0.000000142. The summed E-state index contributed by atoms with van der Waals surface area (Å²) < 4.78 is 0. The first-order chi connectivity index (χ1) is 5.00. The molecule has 0 saturated carbocycles. The van der Waals surface area contributed by atoms with Gasteiger partial charge in [0.05, 0.1) is 0 Å². The van der Waals surface area contributed by atoms with Crippen molar-refractivity contribution in [2.24, 2.45) is 5.73 Å². The Morgan fingerprint density at radius 2 is 1.75 bits per heavy atom. The molecule has 5 nitrogen and oxygen atoms in total. The Bertz CT molecular complexity index is 151. The Kier molecular flexibility index (Phi) is 20.1. The molecule has 0 bridgehead atoms. The molecule has 0 radical (unpaired) electrons. The van der Waals surface area contributed by atoms with Crippen molar-refractivity contribution in [3.8, 4) is 0 Å². The minimum absolute atomic E-state index is 0. The summed E-state index contributed by atoms with van der Waals surface area (Å²) in [7, 11) is 0. The number of hydrazine groups is 1. The number of hydrogen-bond acceptors (Lipinski definition) is 3. The molecule has 0 amide bonds. The zero-order valence-electron chi connectivity index (χ0n) is 5.57. The zero-order chi connectivity index (χ0) is 9.28. The number of aliphatic hydroxyl groups excluding tert-OH is 2. The molecule has 0 aromatic heterocycles. The predicted octanol–water partition coefficient (Wildman–Crippen LogP) is -0.793. The van der Waals surface area contributed by atoms with Crippen LogP contribution in [0.25, 0.3) is 0 Å². The molecule has 0 aromatic carbocycles. The predicted molar refractivity (Wildman–Crippen MR) is 58.3 cm³/mol. The first-order valence-corrected chi connectivity index (χ1v) is 3.16. The molecule has 0 rings (SSSR count). The topological polar surface area (TPSA) is 90.5 Å². The van der Waals surface area contributed by atoms with Crippen LogP contribution in [-0.2, 0) is 0 Å². The van der Waals surface area contributed by atoms with E-state index in [1.165, 1.54) is 6.20 Å². The molecule has 0 aliphatic rings. The summed E-state index contributed by atoms with van der Waals surface area (Å²) in [5.74, 6) is 0. The Labute approximate surface area is 103 Å². The Morgan fingerprint density at radius 1 is 1.42 bits per heavy atom. The quantitative estimate of drug-likeness (QED) is 0.236. The van der Waals surface area contributed by atoms with E-state index in [9.17, 15) is 0 Å². The number of aliphatic hydroxyl groups is 2. The molecule has 0 aromatic rings. The second kappa shape index (κ2) is 13.5. The molecule has 12 heavy (non-hydrogen) atoms. The van der Waals surface area contributed by atoms with Gasteiger partial charge in [-0.05, 0) is 24.4 Å². The van der Waals surface area contributed by atoms with E-state index in [2.05, 4.69) is 47.6 Å². The molecular formula is C4H10N3NaO2S2. The van der Waals surface area contributed by atoms with E-state index >= 15 is 0 Å². The van der Waals surface area contributed by atoms with E-state index < -0.39 is 5.17 Å². The molecule has 0 unspecified atom stereocenters. The van der Waals surface area contributed by atoms with Crippen molar-refractivity contribution in [2.75, 3.05) is 0 Å². The van der Waals surface area contributed by atoms with Crippen molar-refractivity contribution < 1.29 is 10.2 Å². The van der Waals surface area contributed by atoms with E-state index in [0.29, 0.717) is 0 Å². The monoisotopic (exact) mass is 219 g/mol. The summed E-state index contributed by atoms with van der Waals surface area (Å²) in [5.41, 5.74) is 8.98. The maximum atomic E-state index is 8.19. The standard InChI is InChI=1S/C3H6N2OS.CH3NOS.Na.H/c1-2-4-5-3(6)7;2-1(3)4;;/h2,4H,1H2,(H2,5,6,7);(H3,2,3,4);;. The molecule has 8 heteroatoms. The van der Waals surface area contributed by atoms with Crippen molar-refractivity contribution in [3.63, 3.8) is 0 Å². The van der Waals surface area contributed by atoms with Gasteiger partial charge in [0.15, 0.2) is 0 Å².